The Morgan fingerprint density at radius 2 is 1.69 bits per heavy atom. The van der Waals surface area contributed by atoms with Gasteiger partial charge in [-0.2, -0.15) is 4.37 Å². The minimum atomic E-state index is -1.24. The highest BCUT2D eigenvalue weighted by molar-refractivity contribution is 7.09. The van der Waals surface area contributed by atoms with Crippen molar-refractivity contribution in [3.05, 3.63) is 106 Å². The zero-order valence-electron chi connectivity index (χ0n) is 21.0. The van der Waals surface area contributed by atoms with Gasteiger partial charge in [-0.3, -0.25) is 19.3 Å². The number of benzene rings is 3. The molecule has 0 radical (unpaired) electrons. The van der Waals surface area contributed by atoms with E-state index in [1.165, 1.54) is 29.2 Å². The maximum absolute atomic E-state index is 14.1. The molecule has 1 unspecified atom stereocenters. The number of hydrogen-bond donors (Lipinski definition) is 3. The van der Waals surface area contributed by atoms with Crippen molar-refractivity contribution in [1.82, 2.24) is 9.69 Å². The van der Waals surface area contributed by atoms with E-state index < -0.39 is 29.6 Å². The van der Waals surface area contributed by atoms with E-state index in [1.54, 1.807) is 24.3 Å². The second kappa shape index (κ2) is 12.2. The number of carbonyl (C=O) groups is 3. The Kier molecular flexibility index (Phi) is 8.52. The Balaban J connectivity index is 1.82. The number of anilines is 2. The molecule has 0 aliphatic carbocycles. The largest absolute Gasteiger partial charge is 0.494 e. The first kappa shape index (κ1) is 27.3. The van der Waals surface area contributed by atoms with Gasteiger partial charge in [-0.05, 0) is 66.0 Å². The fourth-order valence-corrected chi connectivity index (χ4v) is 4.68. The number of nitrogens with zero attached hydrogens (tertiary/aromatic N) is 2. The van der Waals surface area contributed by atoms with Crippen LogP contribution in [-0.4, -0.2) is 28.7 Å². The molecule has 0 fully saturated rings. The van der Waals surface area contributed by atoms with Crippen LogP contribution in [-0.2, 0) is 11.3 Å². The van der Waals surface area contributed by atoms with Crippen LogP contribution in [0.4, 0.5) is 15.8 Å². The normalized spacial score (nSPS) is 11.4. The summed E-state index contributed by atoms with van der Waals surface area (Å²) in [5.41, 5.74) is 12.6. The van der Waals surface area contributed by atoms with Crippen LogP contribution in [0.15, 0.2) is 78.9 Å². The lowest BCUT2D eigenvalue weighted by Crippen LogP contribution is -2.44. The monoisotopic (exact) mass is 547 g/mol. The predicted molar refractivity (Wildman–Crippen MR) is 147 cm³/mol. The molecule has 200 valence electrons. The molecule has 1 aromatic heterocycles. The first-order valence-corrected chi connectivity index (χ1v) is 12.8. The molecule has 11 heteroatoms. The molecule has 0 aliphatic rings. The predicted octanol–water partition coefficient (Wildman–Crippen LogP) is 4.07. The fourth-order valence-electron chi connectivity index (χ4n) is 3.94. The highest BCUT2D eigenvalue weighted by atomic mass is 32.1. The van der Waals surface area contributed by atoms with Gasteiger partial charge in [-0.15, -0.1) is 0 Å². The van der Waals surface area contributed by atoms with E-state index in [0.29, 0.717) is 35.1 Å². The molecular formula is C28H26FN5O4S. The highest BCUT2D eigenvalue weighted by Gasteiger charge is 2.36. The summed E-state index contributed by atoms with van der Waals surface area (Å²) in [4.78, 5) is 40.8. The molecule has 0 saturated heterocycles. The Labute approximate surface area is 228 Å². The van der Waals surface area contributed by atoms with E-state index in [9.17, 15) is 18.8 Å². The van der Waals surface area contributed by atoms with Crippen molar-refractivity contribution >= 4 is 40.6 Å². The van der Waals surface area contributed by atoms with Gasteiger partial charge in [0.1, 0.15) is 22.5 Å². The van der Waals surface area contributed by atoms with Crippen LogP contribution in [0.3, 0.4) is 0 Å². The zero-order chi connectivity index (χ0) is 27.9. The molecule has 39 heavy (non-hydrogen) atoms. The third kappa shape index (κ3) is 6.21. The summed E-state index contributed by atoms with van der Waals surface area (Å²) in [6.07, 6.45) is 0. The van der Waals surface area contributed by atoms with Gasteiger partial charge >= 0.3 is 0 Å². The number of nitrogen functional groups attached to an aromatic ring is 1. The number of rotatable bonds is 10. The topological polar surface area (TPSA) is 141 Å². The van der Waals surface area contributed by atoms with Crippen LogP contribution in [0.25, 0.3) is 0 Å². The summed E-state index contributed by atoms with van der Waals surface area (Å²) in [5, 5.41) is 2.87. The SMILES string of the molecule is CCOc1ccc(N(C(=O)c2snc(C(N)=O)c2N)C(C(=O)NCc2ccccc2)c2ccc(F)cc2)cc1. The zero-order valence-corrected chi connectivity index (χ0v) is 21.8. The van der Waals surface area contributed by atoms with Crippen molar-refractivity contribution in [3.63, 3.8) is 0 Å². The van der Waals surface area contributed by atoms with Crippen LogP contribution >= 0.6 is 11.5 Å². The van der Waals surface area contributed by atoms with E-state index >= 15 is 0 Å². The van der Waals surface area contributed by atoms with Crippen molar-refractivity contribution in [2.75, 3.05) is 17.2 Å². The van der Waals surface area contributed by atoms with Crippen LogP contribution in [0.1, 0.15) is 44.3 Å². The molecule has 5 N–H and O–H groups in total. The van der Waals surface area contributed by atoms with E-state index in [-0.39, 0.29) is 22.8 Å². The van der Waals surface area contributed by atoms with Crippen LogP contribution in [0, 0.1) is 5.82 Å². The van der Waals surface area contributed by atoms with Gasteiger partial charge in [-0.25, -0.2) is 4.39 Å². The Morgan fingerprint density at radius 3 is 2.28 bits per heavy atom. The lowest BCUT2D eigenvalue weighted by molar-refractivity contribution is -0.122. The summed E-state index contributed by atoms with van der Waals surface area (Å²) in [6, 6.07) is 19.9. The van der Waals surface area contributed by atoms with Crippen molar-refractivity contribution in [2.45, 2.75) is 19.5 Å². The average molecular weight is 548 g/mol. The first-order chi connectivity index (χ1) is 18.8. The van der Waals surface area contributed by atoms with Gasteiger partial charge in [0.15, 0.2) is 5.69 Å². The summed E-state index contributed by atoms with van der Waals surface area (Å²) >= 11 is 0.700. The number of amides is 3. The molecule has 0 spiro atoms. The van der Waals surface area contributed by atoms with Gasteiger partial charge in [0.25, 0.3) is 11.8 Å². The molecule has 4 rings (SSSR count). The van der Waals surface area contributed by atoms with E-state index in [4.69, 9.17) is 16.2 Å². The minimum absolute atomic E-state index is 0.0688. The summed E-state index contributed by atoms with van der Waals surface area (Å²) in [6.45, 7) is 2.47. The fraction of sp³-hybridized carbons (Fsp3) is 0.143. The minimum Gasteiger partial charge on any atom is -0.494 e. The van der Waals surface area contributed by atoms with Gasteiger partial charge in [-0.1, -0.05) is 42.5 Å². The molecule has 4 aromatic rings. The van der Waals surface area contributed by atoms with Gasteiger partial charge in [0, 0.05) is 12.2 Å². The third-order valence-electron chi connectivity index (χ3n) is 5.80. The second-order valence-electron chi connectivity index (χ2n) is 8.40. The van der Waals surface area contributed by atoms with E-state index in [0.717, 1.165) is 5.56 Å². The molecule has 9 nitrogen and oxygen atoms in total. The number of primary amides is 1. The molecule has 0 saturated carbocycles. The van der Waals surface area contributed by atoms with Crippen molar-refractivity contribution in [2.24, 2.45) is 5.73 Å². The number of halogens is 1. The maximum Gasteiger partial charge on any atom is 0.273 e. The van der Waals surface area contributed by atoms with Gasteiger partial charge in [0.2, 0.25) is 5.91 Å². The average Bonchev–Trinajstić information content (AvgIpc) is 3.33. The Morgan fingerprint density at radius 1 is 1.03 bits per heavy atom. The lowest BCUT2D eigenvalue weighted by atomic mass is 10.0. The van der Waals surface area contributed by atoms with Crippen molar-refractivity contribution < 1.29 is 23.5 Å². The van der Waals surface area contributed by atoms with Crippen LogP contribution < -0.4 is 26.4 Å². The smallest absolute Gasteiger partial charge is 0.273 e. The second-order valence-corrected chi connectivity index (χ2v) is 9.17. The maximum atomic E-state index is 14.1. The first-order valence-electron chi connectivity index (χ1n) is 12.0. The molecular weight excluding hydrogens is 521 g/mol. The number of aromatic nitrogens is 1. The highest BCUT2D eigenvalue weighted by Crippen LogP contribution is 2.34. The van der Waals surface area contributed by atoms with Crippen molar-refractivity contribution in [3.8, 4) is 5.75 Å². The van der Waals surface area contributed by atoms with E-state index in [2.05, 4.69) is 9.69 Å². The molecule has 0 bridgehead atoms. The standard InChI is InChI=1S/C28H26FN5O4S/c1-2-38-21-14-12-20(13-15-21)34(28(37)25-22(30)23(26(31)35)33-39-25)24(18-8-10-19(29)11-9-18)27(36)32-16-17-6-4-3-5-7-17/h3-15,24H,2,16,30H2,1H3,(H2,31,35)(H,32,36). The number of hydrogen-bond acceptors (Lipinski definition) is 7. The molecule has 1 atom stereocenters. The number of nitrogens with two attached hydrogens (primary N) is 2. The summed E-state index contributed by atoms with van der Waals surface area (Å²) in [5.74, 6) is -2.03. The number of ether oxygens (including phenoxy) is 1. The molecule has 3 aromatic carbocycles. The Bertz CT molecular complexity index is 1460. The Hall–Kier alpha value is -4.77. The molecule has 1 heterocycles. The van der Waals surface area contributed by atoms with Crippen LogP contribution in [0.2, 0.25) is 0 Å². The lowest BCUT2D eigenvalue weighted by Gasteiger charge is -2.31. The third-order valence-corrected chi connectivity index (χ3v) is 6.65. The van der Waals surface area contributed by atoms with E-state index in [1.807, 2.05) is 37.3 Å². The molecule has 3 amide bonds. The quantitative estimate of drug-likeness (QED) is 0.273. The van der Waals surface area contributed by atoms with Crippen molar-refractivity contribution in [1.29, 1.82) is 0 Å². The summed E-state index contributed by atoms with van der Waals surface area (Å²) < 4.78 is 23.3. The van der Waals surface area contributed by atoms with Gasteiger partial charge < -0.3 is 21.5 Å². The number of nitrogens with one attached hydrogen (secondary N) is 1. The summed E-state index contributed by atoms with van der Waals surface area (Å²) in [7, 11) is 0. The molecule has 0 aliphatic heterocycles. The van der Waals surface area contributed by atoms with Crippen LogP contribution in [0.5, 0.6) is 5.75 Å². The number of carbonyl (C=O) groups excluding carboxylic acids is 3. The van der Waals surface area contributed by atoms with Gasteiger partial charge in [0.05, 0.1) is 12.3 Å².